The molecule has 1 heterocycles. The predicted octanol–water partition coefficient (Wildman–Crippen LogP) is 3.09. The first kappa shape index (κ1) is 12.2. The van der Waals surface area contributed by atoms with E-state index < -0.39 is 5.82 Å². The van der Waals surface area contributed by atoms with E-state index in [0.717, 1.165) is 17.3 Å². The van der Waals surface area contributed by atoms with Gasteiger partial charge in [0.2, 0.25) is 0 Å². The number of pyridine rings is 1. The van der Waals surface area contributed by atoms with Gasteiger partial charge >= 0.3 is 0 Å². The predicted molar refractivity (Wildman–Crippen MR) is 68.1 cm³/mol. The lowest BCUT2D eigenvalue weighted by atomic mass is 10.1. The molecule has 0 bridgehead atoms. The van der Waals surface area contributed by atoms with Gasteiger partial charge in [0.1, 0.15) is 5.82 Å². The monoisotopic (exact) mass is 244 g/mol. The summed E-state index contributed by atoms with van der Waals surface area (Å²) in [6.07, 6.45) is 2.49. The maximum Gasteiger partial charge on any atom is 0.255 e. The smallest absolute Gasteiger partial charge is 0.255 e. The largest absolute Gasteiger partial charge is 0.320 e. The van der Waals surface area contributed by atoms with Crippen molar-refractivity contribution in [1.82, 2.24) is 4.98 Å². The third kappa shape index (κ3) is 2.71. The number of aryl methyl sites for hydroxylation is 2. The molecular weight excluding hydrogens is 231 g/mol. The van der Waals surface area contributed by atoms with E-state index in [9.17, 15) is 9.18 Å². The van der Waals surface area contributed by atoms with E-state index in [0.29, 0.717) is 11.3 Å². The number of carbonyl (C=O) groups excluding carboxylic acids is 1. The van der Waals surface area contributed by atoms with Crippen molar-refractivity contribution in [2.45, 2.75) is 13.8 Å². The Bertz CT molecular complexity index is 596. The van der Waals surface area contributed by atoms with E-state index in [1.807, 2.05) is 19.9 Å². The van der Waals surface area contributed by atoms with E-state index in [-0.39, 0.29) is 5.91 Å². The maximum absolute atomic E-state index is 12.9. The molecule has 3 nitrogen and oxygen atoms in total. The molecule has 0 aliphatic carbocycles. The minimum atomic E-state index is -0.479. The fourth-order valence-corrected chi connectivity index (χ4v) is 1.57. The topological polar surface area (TPSA) is 42.0 Å². The van der Waals surface area contributed by atoms with Crippen LogP contribution in [0.4, 0.5) is 10.1 Å². The quantitative estimate of drug-likeness (QED) is 0.882. The first-order valence-electron chi connectivity index (χ1n) is 5.55. The molecule has 1 aromatic carbocycles. The second-order valence-corrected chi connectivity index (χ2v) is 4.14. The molecule has 0 radical (unpaired) electrons. The molecule has 18 heavy (non-hydrogen) atoms. The third-order valence-electron chi connectivity index (χ3n) is 2.73. The molecule has 92 valence electrons. The first-order valence-corrected chi connectivity index (χ1v) is 5.55. The zero-order chi connectivity index (χ0) is 13.1. The SMILES string of the molecule is Cc1ccc(C(=O)Nc2cncc(F)c2)cc1C. The average molecular weight is 244 g/mol. The summed E-state index contributed by atoms with van der Waals surface area (Å²) in [7, 11) is 0. The Balaban J connectivity index is 2.19. The standard InChI is InChI=1S/C14H13FN2O/c1-9-3-4-11(5-10(9)2)14(18)17-13-6-12(15)7-16-8-13/h3-8H,1-2H3,(H,17,18). The van der Waals surface area contributed by atoms with Crippen LogP contribution in [0.2, 0.25) is 0 Å². The average Bonchev–Trinajstić information content (AvgIpc) is 2.32. The van der Waals surface area contributed by atoms with Crippen LogP contribution in [0.3, 0.4) is 0 Å². The van der Waals surface area contributed by atoms with Crippen LogP contribution >= 0.6 is 0 Å². The number of hydrogen-bond acceptors (Lipinski definition) is 2. The van der Waals surface area contributed by atoms with E-state index in [2.05, 4.69) is 10.3 Å². The molecule has 2 aromatic rings. The second-order valence-electron chi connectivity index (χ2n) is 4.14. The summed E-state index contributed by atoms with van der Waals surface area (Å²) < 4.78 is 12.9. The van der Waals surface area contributed by atoms with Gasteiger partial charge in [0.25, 0.3) is 5.91 Å². The molecule has 1 N–H and O–H groups in total. The van der Waals surface area contributed by atoms with E-state index in [1.54, 1.807) is 12.1 Å². The fourth-order valence-electron chi connectivity index (χ4n) is 1.57. The Kier molecular flexibility index (Phi) is 3.37. The maximum atomic E-state index is 12.9. The van der Waals surface area contributed by atoms with Gasteiger partial charge in [0, 0.05) is 11.6 Å². The minimum Gasteiger partial charge on any atom is -0.320 e. The number of benzene rings is 1. The van der Waals surface area contributed by atoms with E-state index in [1.165, 1.54) is 12.3 Å². The summed E-state index contributed by atoms with van der Waals surface area (Å²) in [6.45, 7) is 3.92. The van der Waals surface area contributed by atoms with Crippen LogP contribution in [0.15, 0.2) is 36.7 Å². The number of hydrogen-bond donors (Lipinski definition) is 1. The highest BCUT2D eigenvalue weighted by Crippen LogP contribution is 2.13. The highest BCUT2D eigenvalue weighted by atomic mass is 19.1. The highest BCUT2D eigenvalue weighted by Gasteiger charge is 2.07. The van der Waals surface area contributed by atoms with E-state index in [4.69, 9.17) is 0 Å². The van der Waals surface area contributed by atoms with Gasteiger partial charge in [-0.05, 0) is 37.1 Å². The highest BCUT2D eigenvalue weighted by molar-refractivity contribution is 6.04. The fraction of sp³-hybridized carbons (Fsp3) is 0.143. The number of aromatic nitrogens is 1. The normalized spacial score (nSPS) is 10.2. The van der Waals surface area contributed by atoms with Crippen molar-refractivity contribution < 1.29 is 9.18 Å². The minimum absolute atomic E-state index is 0.273. The molecule has 0 fully saturated rings. The van der Waals surface area contributed by atoms with Gasteiger partial charge in [-0.2, -0.15) is 0 Å². The number of carbonyl (C=O) groups is 1. The van der Waals surface area contributed by atoms with Crippen molar-refractivity contribution in [2.24, 2.45) is 0 Å². The van der Waals surface area contributed by atoms with Crippen molar-refractivity contribution in [1.29, 1.82) is 0 Å². The number of nitrogens with zero attached hydrogens (tertiary/aromatic N) is 1. The molecule has 0 aliphatic rings. The van der Waals surface area contributed by atoms with Crippen LogP contribution in [0.25, 0.3) is 0 Å². The van der Waals surface area contributed by atoms with Crippen LogP contribution in [-0.4, -0.2) is 10.9 Å². The lowest BCUT2D eigenvalue weighted by Gasteiger charge is -2.06. The van der Waals surface area contributed by atoms with Crippen molar-refractivity contribution in [2.75, 3.05) is 5.32 Å². The van der Waals surface area contributed by atoms with Gasteiger partial charge in [-0.25, -0.2) is 4.39 Å². The molecule has 0 spiro atoms. The van der Waals surface area contributed by atoms with Gasteiger partial charge in [0.15, 0.2) is 0 Å². The third-order valence-corrected chi connectivity index (χ3v) is 2.73. The summed E-state index contributed by atoms with van der Waals surface area (Å²) in [6, 6.07) is 6.65. The zero-order valence-electron chi connectivity index (χ0n) is 10.2. The number of rotatable bonds is 2. The molecule has 1 amide bonds. The van der Waals surface area contributed by atoms with Crippen LogP contribution in [0, 0.1) is 19.7 Å². The molecule has 0 atom stereocenters. The first-order chi connectivity index (χ1) is 8.56. The van der Waals surface area contributed by atoms with Crippen LogP contribution in [0.1, 0.15) is 21.5 Å². The summed E-state index contributed by atoms with van der Waals surface area (Å²) in [5, 5.41) is 2.60. The van der Waals surface area contributed by atoms with Crippen molar-refractivity contribution >= 4 is 11.6 Å². The van der Waals surface area contributed by atoms with Crippen molar-refractivity contribution in [3.05, 3.63) is 59.2 Å². The molecule has 0 aliphatic heterocycles. The Morgan fingerprint density at radius 3 is 2.61 bits per heavy atom. The summed E-state index contributed by atoms with van der Waals surface area (Å²) >= 11 is 0. The van der Waals surface area contributed by atoms with Gasteiger partial charge in [-0.1, -0.05) is 6.07 Å². The summed E-state index contributed by atoms with van der Waals surface area (Å²) in [5.74, 6) is -0.751. The summed E-state index contributed by atoms with van der Waals surface area (Å²) in [5.41, 5.74) is 3.06. The van der Waals surface area contributed by atoms with Crippen LogP contribution in [0.5, 0.6) is 0 Å². The summed E-state index contributed by atoms with van der Waals surface area (Å²) in [4.78, 5) is 15.6. The van der Waals surface area contributed by atoms with Crippen LogP contribution in [-0.2, 0) is 0 Å². The Labute approximate surface area is 105 Å². The van der Waals surface area contributed by atoms with Gasteiger partial charge in [0.05, 0.1) is 18.1 Å². The molecule has 2 rings (SSSR count). The number of halogens is 1. The lowest BCUT2D eigenvalue weighted by molar-refractivity contribution is 0.102. The van der Waals surface area contributed by atoms with Gasteiger partial charge in [-0.3, -0.25) is 9.78 Å². The van der Waals surface area contributed by atoms with E-state index >= 15 is 0 Å². The number of nitrogens with one attached hydrogen (secondary N) is 1. The number of amides is 1. The van der Waals surface area contributed by atoms with Crippen LogP contribution < -0.4 is 5.32 Å². The van der Waals surface area contributed by atoms with Crippen molar-refractivity contribution in [3.63, 3.8) is 0 Å². The number of anilines is 1. The second kappa shape index (κ2) is 4.96. The Morgan fingerprint density at radius 1 is 1.17 bits per heavy atom. The molecule has 0 saturated carbocycles. The molecule has 0 saturated heterocycles. The van der Waals surface area contributed by atoms with Gasteiger partial charge in [-0.15, -0.1) is 0 Å². The molecule has 1 aromatic heterocycles. The molecule has 4 heteroatoms. The van der Waals surface area contributed by atoms with Crippen molar-refractivity contribution in [3.8, 4) is 0 Å². The Morgan fingerprint density at radius 2 is 1.94 bits per heavy atom. The van der Waals surface area contributed by atoms with Gasteiger partial charge < -0.3 is 5.32 Å². The molecular formula is C14H13FN2O. The Hall–Kier alpha value is -2.23. The zero-order valence-corrected chi connectivity index (χ0v) is 10.2. The lowest BCUT2D eigenvalue weighted by Crippen LogP contribution is -2.12. The molecule has 0 unspecified atom stereocenters.